The standard InChI is InChI=1S/C22H22/c1(3-5-9-15-21-17-11-7-12-18-21)2-4-6-10-16-22-19-13-8-14-20-22/h7-8,11-14,17-20H,1-6H2. The van der Waals surface area contributed by atoms with Gasteiger partial charge >= 0.3 is 0 Å². The van der Waals surface area contributed by atoms with Crippen LogP contribution in [0.1, 0.15) is 49.7 Å². The minimum absolute atomic E-state index is 0.991. The molecule has 0 heterocycles. The maximum absolute atomic E-state index is 3.25. The van der Waals surface area contributed by atoms with Crippen LogP contribution >= 0.6 is 0 Å². The first-order valence-corrected chi connectivity index (χ1v) is 8.03. The Morgan fingerprint density at radius 3 is 1.32 bits per heavy atom. The first-order valence-electron chi connectivity index (χ1n) is 8.03. The van der Waals surface area contributed by atoms with Crippen LogP contribution in [-0.4, -0.2) is 0 Å². The van der Waals surface area contributed by atoms with Crippen molar-refractivity contribution in [3.8, 4) is 23.7 Å². The minimum Gasteiger partial charge on any atom is -0.0979 e. The molecule has 0 saturated carbocycles. The third-order valence-electron chi connectivity index (χ3n) is 3.37. The molecule has 0 bridgehead atoms. The Labute approximate surface area is 134 Å². The van der Waals surface area contributed by atoms with Crippen LogP contribution in [0.3, 0.4) is 0 Å². The molecule has 110 valence electrons. The van der Waals surface area contributed by atoms with Crippen LogP contribution in [0.4, 0.5) is 0 Å². The van der Waals surface area contributed by atoms with Gasteiger partial charge in [0, 0.05) is 24.0 Å². The average molecular weight is 286 g/mol. The second-order valence-corrected chi connectivity index (χ2v) is 5.25. The van der Waals surface area contributed by atoms with E-state index in [4.69, 9.17) is 0 Å². The second kappa shape index (κ2) is 10.3. The number of unbranched alkanes of at least 4 members (excludes halogenated alkanes) is 5. The molecular formula is C22H22. The summed E-state index contributed by atoms with van der Waals surface area (Å²) in [5.41, 5.74) is 2.22. The Morgan fingerprint density at radius 2 is 0.909 bits per heavy atom. The van der Waals surface area contributed by atoms with Gasteiger partial charge in [0.15, 0.2) is 0 Å². The molecule has 0 amide bonds. The van der Waals surface area contributed by atoms with Crippen molar-refractivity contribution >= 4 is 0 Å². The van der Waals surface area contributed by atoms with Crippen LogP contribution in [0.2, 0.25) is 0 Å². The molecule has 0 aliphatic carbocycles. The number of benzene rings is 2. The first kappa shape index (κ1) is 15.9. The summed E-state index contributed by atoms with van der Waals surface area (Å²) in [5.74, 6) is 12.9. The predicted octanol–water partition coefficient (Wildman–Crippen LogP) is 5.43. The summed E-state index contributed by atoms with van der Waals surface area (Å²) in [6, 6.07) is 20.4. The van der Waals surface area contributed by atoms with Gasteiger partial charge in [0.2, 0.25) is 0 Å². The van der Waals surface area contributed by atoms with Crippen LogP contribution < -0.4 is 0 Å². The highest BCUT2D eigenvalue weighted by atomic mass is 13.9. The monoisotopic (exact) mass is 286 g/mol. The van der Waals surface area contributed by atoms with Crippen molar-refractivity contribution in [1.29, 1.82) is 0 Å². The van der Waals surface area contributed by atoms with Gasteiger partial charge < -0.3 is 0 Å². The Morgan fingerprint density at radius 1 is 0.500 bits per heavy atom. The Balaban J connectivity index is 1.52. The van der Waals surface area contributed by atoms with Gasteiger partial charge in [-0.15, -0.1) is 0 Å². The molecule has 2 aromatic rings. The molecule has 0 radical (unpaired) electrons. The van der Waals surface area contributed by atoms with Crippen LogP contribution in [0.5, 0.6) is 0 Å². The van der Waals surface area contributed by atoms with E-state index in [-0.39, 0.29) is 0 Å². The summed E-state index contributed by atoms with van der Waals surface area (Å²) < 4.78 is 0. The average Bonchev–Trinajstić information content (AvgIpc) is 2.58. The van der Waals surface area contributed by atoms with Gasteiger partial charge in [0.25, 0.3) is 0 Å². The molecule has 0 nitrogen and oxygen atoms in total. The molecule has 0 atom stereocenters. The molecule has 0 saturated heterocycles. The maximum atomic E-state index is 3.25. The normalized spacial score (nSPS) is 9.27. The van der Waals surface area contributed by atoms with E-state index in [9.17, 15) is 0 Å². The summed E-state index contributed by atoms with van der Waals surface area (Å²) in [6.07, 6.45) is 6.85. The minimum atomic E-state index is 0.991. The Bertz CT molecular complexity index is 584. The molecule has 2 rings (SSSR count). The van der Waals surface area contributed by atoms with Gasteiger partial charge in [-0.25, -0.2) is 0 Å². The fourth-order valence-electron chi connectivity index (χ4n) is 2.15. The van der Waals surface area contributed by atoms with Crippen LogP contribution in [0.15, 0.2) is 60.7 Å². The van der Waals surface area contributed by atoms with E-state index in [0.717, 1.165) is 24.0 Å². The highest BCUT2D eigenvalue weighted by molar-refractivity contribution is 5.34. The summed E-state index contributed by atoms with van der Waals surface area (Å²) >= 11 is 0. The Kier molecular flexibility index (Phi) is 7.47. The lowest BCUT2D eigenvalue weighted by molar-refractivity contribution is 0.661. The zero-order chi connectivity index (χ0) is 15.3. The van der Waals surface area contributed by atoms with Crippen LogP contribution in [0.25, 0.3) is 0 Å². The molecule has 0 fully saturated rings. The molecule has 0 unspecified atom stereocenters. The van der Waals surface area contributed by atoms with E-state index >= 15 is 0 Å². The molecule has 0 aliphatic heterocycles. The van der Waals surface area contributed by atoms with E-state index in [1.54, 1.807) is 0 Å². The summed E-state index contributed by atoms with van der Waals surface area (Å²) in [6.45, 7) is 0. The molecule has 2 aromatic carbocycles. The lowest BCUT2D eigenvalue weighted by Crippen LogP contribution is -1.78. The van der Waals surface area contributed by atoms with Crippen molar-refractivity contribution in [2.24, 2.45) is 0 Å². The van der Waals surface area contributed by atoms with E-state index in [1.165, 1.54) is 25.7 Å². The molecule has 22 heavy (non-hydrogen) atoms. The van der Waals surface area contributed by atoms with Crippen molar-refractivity contribution < 1.29 is 0 Å². The SMILES string of the molecule is C(#Cc1ccccc1)CCCCCCC#Cc1ccccc1. The fourth-order valence-corrected chi connectivity index (χ4v) is 2.15. The largest absolute Gasteiger partial charge is 0.0979 e. The van der Waals surface area contributed by atoms with E-state index in [0.29, 0.717) is 0 Å². The number of rotatable bonds is 5. The molecule has 0 aliphatic rings. The smallest absolute Gasteiger partial charge is 0.0245 e. The fraction of sp³-hybridized carbons (Fsp3) is 0.273. The second-order valence-electron chi connectivity index (χ2n) is 5.25. The maximum Gasteiger partial charge on any atom is 0.0245 e. The summed E-state index contributed by atoms with van der Waals surface area (Å²) in [4.78, 5) is 0. The number of hydrogen-bond donors (Lipinski definition) is 0. The van der Waals surface area contributed by atoms with Crippen LogP contribution in [-0.2, 0) is 0 Å². The highest BCUT2D eigenvalue weighted by Crippen LogP contribution is 2.05. The van der Waals surface area contributed by atoms with E-state index < -0.39 is 0 Å². The molecule has 0 aromatic heterocycles. The third-order valence-corrected chi connectivity index (χ3v) is 3.37. The molecule has 0 N–H and O–H groups in total. The van der Waals surface area contributed by atoms with Crippen molar-refractivity contribution in [2.45, 2.75) is 38.5 Å². The molecular weight excluding hydrogens is 264 g/mol. The van der Waals surface area contributed by atoms with Gasteiger partial charge in [0.1, 0.15) is 0 Å². The summed E-state index contributed by atoms with van der Waals surface area (Å²) in [7, 11) is 0. The molecule has 0 heteroatoms. The highest BCUT2D eigenvalue weighted by Gasteiger charge is 1.88. The van der Waals surface area contributed by atoms with Crippen molar-refractivity contribution in [3.63, 3.8) is 0 Å². The van der Waals surface area contributed by atoms with Crippen molar-refractivity contribution in [3.05, 3.63) is 71.8 Å². The van der Waals surface area contributed by atoms with Gasteiger partial charge in [-0.1, -0.05) is 72.9 Å². The Hall–Kier alpha value is -2.44. The predicted molar refractivity (Wildman–Crippen MR) is 94.3 cm³/mol. The lowest BCUT2D eigenvalue weighted by atomic mass is 10.1. The quantitative estimate of drug-likeness (QED) is 0.508. The number of hydrogen-bond acceptors (Lipinski definition) is 0. The van der Waals surface area contributed by atoms with Gasteiger partial charge in [-0.3, -0.25) is 0 Å². The first-order chi connectivity index (χ1) is 10.9. The van der Waals surface area contributed by atoms with E-state index in [1.807, 2.05) is 36.4 Å². The zero-order valence-corrected chi connectivity index (χ0v) is 13.0. The third kappa shape index (κ3) is 6.83. The summed E-state index contributed by atoms with van der Waals surface area (Å²) in [5, 5.41) is 0. The van der Waals surface area contributed by atoms with Gasteiger partial charge in [0.05, 0.1) is 0 Å². The lowest BCUT2D eigenvalue weighted by Gasteiger charge is -1.95. The van der Waals surface area contributed by atoms with Gasteiger partial charge in [-0.05, 0) is 37.1 Å². The van der Waals surface area contributed by atoms with Gasteiger partial charge in [-0.2, -0.15) is 0 Å². The topological polar surface area (TPSA) is 0 Å². The molecule has 0 spiro atoms. The zero-order valence-electron chi connectivity index (χ0n) is 13.0. The van der Waals surface area contributed by atoms with Crippen molar-refractivity contribution in [1.82, 2.24) is 0 Å². The van der Waals surface area contributed by atoms with E-state index in [2.05, 4.69) is 47.9 Å². The van der Waals surface area contributed by atoms with Crippen molar-refractivity contribution in [2.75, 3.05) is 0 Å². The van der Waals surface area contributed by atoms with Crippen LogP contribution in [0, 0.1) is 23.7 Å².